The number of likely N-dealkylation sites (N-methyl/N-ethyl adjacent to an activating group) is 1. The van der Waals surface area contributed by atoms with Gasteiger partial charge in [0.2, 0.25) is 5.60 Å². The van der Waals surface area contributed by atoms with Crippen LogP contribution in [-0.2, 0) is 19.1 Å². The lowest BCUT2D eigenvalue weighted by molar-refractivity contribution is -0.199. The van der Waals surface area contributed by atoms with Crippen LogP contribution in [0.1, 0.15) is 52.0 Å². The number of carbonyl (C=O) groups is 2. The largest absolute Gasteiger partial charge is 0.457 e. The Morgan fingerprint density at radius 1 is 1.32 bits per heavy atom. The van der Waals surface area contributed by atoms with Gasteiger partial charge in [-0.05, 0) is 45.7 Å². The average molecular weight is 343 g/mol. The smallest absolute Gasteiger partial charge is 0.349 e. The van der Waals surface area contributed by atoms with Crippen molar-refractivity contribution < 1.29 is 19.1 Å². The highest BCUT2D eigenvalue weighted by Gasteiger charge is 2.74. The number of hydrogen-bond donors (Lipinski definition) is 0. The number of ether oxygens (including phenoxy) is 2. The second-order valence-electron chi connectivity index (χ2n) is 8.67. The number of para-hydroxylation sites is 1. The normalized spacial score (nSPS) is 36.2. The molecule has 0 saturated carbocycles. The third-order valence-electron chi connectivity index (χ3n) is 5.82. The second-order valence-corrected chi connectivity index (χ2v) is 8.67. The van der Waals surface area contributed by atoms with E-state index in [1.54, 1.807) is 0 Å². The van der Waals surface area contributed by atoms with E-state index in [4.69, 9.17) is 9.47 Å². The van der Waals surface area contributed by atoms with Gasteiger partial charge in [-0.15, -0.1) is 0 Å². The Bertz CT molecular complexity index is 767. The molecule has 2 fully saturated rings. The summed E-state index contributed by atoms with van der Waals surface area (Å²) < 4.78 is 12.0. The molecular weight excluding hydrogens is 318 g/mol. The van der Waals surface area contributed by atoms with E-state index in [0.717, 1.165) is 11.3 Å². The Morgan fingerprint density at radius 3 is 2.68 bits per heavy atom. The number of Topliss-reactive ketones (excluding diaryl/α,β-unsaturated/α-hetero) is 1. The molecule has 0 spiro atoms. The summed E-state index contributed by atoms with van der Waals surface area (Å²) in [6.07, 6.45) is 0.971. The second kappa shape index (κ2) is 4.85. The molecule has 0 radical (unpaired) electrons. The number of rotatable bonds is 1. The highest BCUT2D eigenvalue weighted by Crippen LogP contribution is 2.61. The van der Waals surface area contributed by atoms with Crippen LogP contribution in [0.4, 0.5) is 5.69 Å². The molecule has 5 heteroatoms. The van der Waals surface area contributed by atoms with E-state index < -0.39 is 22.8 Å². The molecule has 2 bridgehead atoms. The fourth-order valence-electron chi connectivity index (χ4n) is 4.88. The van der Waals surface area contributed by atoms with Gasteiger partial charge in [-0.2, -0.15) is 0 Å². The molecule has 3 heterocycles. The molecule has 5 nitrogen and oxygen atoms in total. The first-order valence-corrected chi connectivity index (χ1v) is 8.89. The Labute approximate surface area is 148 Å². The number of esters is 1. The number of hydrogen-bond acceptors (Lipinski definition) is 5. The standard InChI is InChI=1S/C20H25NO4/c1-18(2,3)24-17(23)20-14(22)10-11-19(4,25-20)15-12-8-6-7-9-13(12)21(5)16(15)20/h6-9,15-16H,10-11H2,1-5H3/t15-,16+,19+,20-/m0/s1. The van der Waals surface area contributed by atoms with Crippen molar-refractivity contribution in [1.82, 2.24) is 0 Å². The van der Waals surface area contributed by atoms with Crippen LogP contribution < -0.4 is 4.90 Å². The Balaban J connectivity index is 1.88. The van der Waals surface area contributed by atoms with Gasteiger partial charge in [-0.1, -0.05) is 18.2 Å². The third-order valence-corrected chi connectivity index (χ3v) is 5.82. The van der Waals surface area contributed by atoms with Gasteiger partial charge in [0.05, 0.1) is 11.6 Å². The van der Waals surface area contributed by atoms with Gasteiger partial charge in [0.1, 0.15) is 5.60 Å². The number of nitrogens with zero attached hydrogens (tertiary/aromatic N) is 1. The van der Waals surface area contributed by atoms with Crippen LogP contribution >= 0.6 is 0 Å². The summed E-state index contributed by atoms with van der Waals surface area (Å²) in [5.41, 5.74) is -0.548. The van der Waals surface area contributed by atoms with Crippen LogP contribution in [-0.4, -0.2) is 41.6 Å². The Morgan fingerprint density at radius 2 is 2.00 bits per heavy atom. The molecule has 25 heavy (non-hydrogen) atoms. The number of anilines is 1. The molecule has 1 aromatic carbocycles. The predicted octanol–water partition coefficient (Wildman–Crippen LogP) is 2.82. The van der Waals surface area contributed by atoms with Crippen LogP contribution in [0.2, 0.25) is 0 Å². The maximum absolute atomic E-state index is 13.2. The summed E-state index contributed by atoms with van der Waals surface area (Å²) in [4.78, 5) is 28.3. The van der Waals surface area contributed by atoms with Gasteiger partial charge in [0.25, 0.3) is 0 Å². The summed E-state index contributed by atoms with van der Waals surface area (Å²) >= 11 is 0. The van der Waals surface area contributed by atoms with Gasteiger partial charge in [-0.3, -0.25) is 4.79 Å². The molecule has 0 amide bonds. The van der Waals surface area contributed by atoms with Crippen molar-refractivity contribution in [2.24, 2.45) is 0 Å². The highest BCUT2D eigenvalue weighted by molar-refractivity contribution is 6.10. The zero-order valence-electron chi connectivity index (χ0n) is 15.5. The summed E-state index contributed by atoms with van der Waals surface area (Å²) in [7, 11) is 1.94. The molecule has 3 aliphatic heterocycles. The van der Waals surface area contributed by atoms with E-state index in [0.29, 0.717) is 12.8 Å². The zero-order chi connectivity index (χ0) is 18.2. The van der Waals surface area contributed by atoms with Gasteiger partial charge >= 0.3 is 5.97 Å². The average Bonchev–Trinajstić information content (AvgIpc) is 2.95. The lowest BCUT2D eigenvalue weighted by Gasteiger charge is -2.40. The minimum Gasteiger partial charge on any atom is -0.457 e. The summed E-state index contributed by atoms with van der Waals surface area (Å²) in [5, 5.41) is 0. The molecule has 4 rings (SSSR count). The van der Waals surface area contributed by atoms with Crippen molar-refractivity contribution in [1.29, 1.82) is 0 Å². The fraction of sp³-hybridized carbons (Fsp3) is 0.600. The molecule has 0 unspecified atom stereocenters. The molecule has 4 atom stereocenters. The van der Waals surface area contributed by atoms with E-state index in [1.807, 2.05) is 57.8 Å². The van der Waals surface area contributed by atoms with Crippen LogP contribution in [0.15, 0.2) is 24.3 Å². The maximum atomic E-state index is 13.2. The first-order valence-electron chi connectivity index (χ1n) is 8.89. The molecule has 2 saturated heterocycles. The number of ketones is 1. The van der Waals surface area contributed by atoms with Crippen molar-refractivity contribution in [2.75, 3.05) is 11.9 Å². The van der Waals surface area contributed by atoms with Crippen molar-refractivity contribution in [2.45, 2.75) is 69.3 Å². The van der Waals surface area contributed by atoms with Crippen LogP contribution in [0.5, 0.6) is 0 Å². The number of carbonyl (C=O) groups excluding carboxylic acids is 2. The highest BCUT2D eigenvalue weighted by atomic mass is 16.6. The maximum Gasteiger partial charge on any atom is 0.349 e. The van der Waals surface area contributed by atoms with Crippen LogP contribution in [0.3, 0.4) is 0 Å². The van der Waals surface area contributed by atoms with Gasteiger partial charge in [0.15, 0.2) is 5.78 Å². The summed E-state index contributed by atoms with van der Waals surface area (Å²) in [5.74, 6) is -0.734. The minimum absolute atomic E-state index is 0.0207. The van der Waals surface area contributed by atoms with Crippen molar-refractivity contribution in [3.05, 3.63) is 29.8 Å². The first-order chi connectivity index (χ1) is 11.6. The van der Waals surface area contributed by atoms with Crippen molar-refractivity contribution >= 4 is 17.4 Å². The predicted molar refractivity (Wildman–Crippen MR) is 93.7 cm³/mol. The number of fused-ring (bicyclic) bond motifs is 7. The Hall–Kier alpha value is -1.88. The quantitative estimate of drug-likeness (QED) is 0.580. The zero-order valence-corrected chi connectivity index (χ0v) is 15.5. The molecule has 0 N–H and O–H groups in total. The topological polar surface area (TPSA) is 55.8 Å². The van der Waals surface area contributed by atoms with Crippen LogP contribution in [0.25, 0.3) is 0 Å². The van der Waals surface area contributed by atoms with Crippen molar-refractivity contribution in [3.8, 4) is 0 Å². The van der Waals surface area contributed by atoms with Gasteiger partial charge < -0.3 is 14.4 Å². The van der Waals surface area contributed by atoms with E-state index >= 15 is 0 Å². The van der Waals surface area contributed by atoms with Gasteiger partial charge in [0, 0.05) is 25.1 Å². The molecule has 3 aliphatic rings. The summed E-state index contributed by atoms with van der Waals surface area (Å²) in [6.45, 7) is 7.47. The monoisotopic (exact) mass is 343 g/mol. The van der Waals surface area contributed by atoms with Crippen LogP contribution in [0, 0.1) is 0 Å². The van der Waals surface area contributed by atoms with E-state index in [2.05, 4.69) is 6.07 Å². The molecule has 1 aromatic rings. The fourth-order valence-corrected chi connectivity index (χ4v) is 4.88. The lowest BCUT2D eigenvalue weighted by Crippen LogP contribution is -2.62. The van der Waals surface area contributed by atoms with Gasteiger partial charge in [-0.25, -0.2) is 4.79 Å². The lowest BCUT2D eigenvalue weighted by atomic mass is 9.79. The molecule has 0 aliphatic carbocycles. The van der Waals surface area contributed by atoms with E-state index in [9.17, 15) is 9.59 Å². The molecule has 134 valence electrons. The van der Waals surface area contributed by atoms with Crippen molar-refractivity contribution in [3.63, 3.8) is 0 Å². The van der Waals surface area contributed by atoms with E-state index in [-0.39, 0.29) is 17.7 Å². The third kappa shape index (κ3) is 2.05. The minimum atomic E-state index is -1.54. The Kier molecular flexibility index (Phi) is 3.21. The SMILES string of the molecule is CN1c2ccccc2[C@H]2[C@@H]1[C@@]1(C(=O)OC(C)(C)C)O[C@]2(C)CCC1=O. The number of benzene rings is 1. The molecular formula is C20H25NO4. The summed E-state index contributed by atoms with van der Waals surface area (Å²) in [6, 6.07) is 7.75. The molecule has 0 aromatic heterocycles. The van der Waals surface area contributed by atoms with E-state index in [1.165, 1.54) is 0 Å². The first kappa shape index (κ1) is 16.6.